The zero-order valence-corrected chi connectivity index (χ0v) is 8.47. The number of nitro groups is 1. The lowest BCUT2D eigenvalue weighted by molar-refractivity contribution is -0.433. The standard InChI is InChI=1S/C7H11N3O2.CH4O/c1-5-3-4-9(2)7(8)6(5)10(11)12;1-2/h3-4,7H,8H2,1-2H3;2H,1H3. The molecule has 0 fully saturated rings. The highest BCUT2D eigenvalue weighted by atomic mass is 16.6. The highest BCUT2D eigenvalue weighted by molar-refractivity contribution is 5.26. The van der Waals surface area contributed by atoms with E-state index in [-0.39, 0.29) is 5.70 Å². The molecule has 0 aromatic rings. The van der Waals surface area contributed by atoms with Crippen molar-refractivity contribution in [3.63, 3.8) is 0 Å². The summed E-state index contributed by atoms with van der Waals surface area (Å²) in [5.74, 6) is 0. The molecule has 0 aromatic heterocycles. The van der Waals surface area contributed by atoms with Crippen molar-refractivity contribution in [2.75, 3.05) is 14.2 Å². The largest absolute Gasteiger partial charge is 0.400 e. The third-order valence-electron chi connectivity index (χ3n) is 1.88. The molecule has 1 heterocycles. The van der Waals surface area contributed by atoms with Gasteiger partial charge in [0.25, 0.3) is 5.70 Å². The molecule has 80 valence electrons. The van der Waals surface area contributed by atoms with Crippen molar-refractivity contribution in [2.45, 2.75) is 13.1 Å². The van der Waals surface area contributed by atoms with Gasteiger partial charge in [0.1, 0.15) is 0 Å². The summed E-state index contributed by atoms with van der Waals surface area (Å²) >= 11 is 0. The molecule has 1 rings (SSSR count). The van der Waals surface area contributed by atoms with E-state index in [0.29, 0.717) is 5.57 Å². The SMILES string of the molecule is CC1=C([N+](=O)[O-])C(N)N(C)C=C1.CO. The molecule has 1 atom stereocenters. The summed E-state index contributed by atoms with van der Waals surface area (Å²) in [6, 6.07) is 0. The summed E-state index contributed by atoms with van der Waals surface area (Å²) < 4.78 is 0. The fourth-order valence-corrected chi connectivity index (χ4v) is 1.09. The summed E-state index contributed by atoms with van der Waals surface area (Å²) in [5, 5.41) is 17.5. The van der Waals surface area contributed by atoms with E-state index in [0.717, 1.165) is 7.11 Å². The molecule has 0 amide bonds. The van der Waals surface area contributed by atoms with E-state index in [4.69, 9.17) is 10.8 Å². The van der Waals surface area contributed by atoms with Crippen LogP contribution < -0.4 is 5.73 Å². The first-order chi connectivity index (χ1) is 6.54. The number of rotatable bonds is 1. The number of hydrogen-bond donors (Lipinski definition) is 2. The Labute approximate surface area is 82.5 Å². The molecular formula is C8H15N3O3. The zero-order chi connectivity index (χ0) is 11.3. The van der Waals surface area contributed by atoms with Crippen molar-refractivity contribution < 1.29 is 10.0 Å². The number of likely N-dealkylation sites (N-methyl/N-ethyl adjacent to an activating group) is 1. The van der Waals surface area contributed by atoms with E-state index in [1.807, 2.05) is 0 Å². The van der Waals surface area contributed by atoms with Crippen LogP contribution in [-0.2, 0) is 0 Å². The molecule has 1 aliphatic rings. The van der Waals surface area contributed by atoms with Crippen LogP contribution >= 0.6 is 0 Å². The molecule has 1 aliphatic heterocycles. The van der Waals surface area contributed by atoms with Gasteiger partial charge in [-0.1, -0.05) is 0 Å². The normalized spacial score (nSPS) is 20.4. The predicted octanol–water partition coefficient (Wildman–Crippen LogP) is -0.110. The molecule has 6 nitrogen and oxygen atoms in total. The van der Waals surface area contributed by atoms with Crippen LogP contribution in [0, 0.1) is 10.1 Å². The van der Waals surface area contributed by atoms with Gasteiger partial charge in [-0.15, -0.1) is 0 Å². The average molecular weight is 201 g/mol. The topological polar surface area (TPSA) is 92.6 Å². The first-order valence-corrected chi connectivity index (χ1v) is 3.99. The second-order valence-corrected chi connectivity index (χ2v) is 2.75. The van der Waals surface area contributed by atoms with E-state index >= 15 is 0 Å². The zero-order valence-electron chi connectivity index (χ0n) is 8.47. The van der Waals surface area contributed by atoms with E-state index in [1.54, 1.807) is 31.1 Å². The summed E-state index contributed by atoms with van der Waals surface area (Å²) in [5.41, 5.74) is 6.27. The molecule has 0 spiro atoms. The van der Waals surface area contributed by atoms with E-state index < -0.39 is 11.1 Å². The number of aliphatic hydroxyl groups is 1. The molecule has 0 bridgehead atoms. The minimum absolute atomic E-state index is 0.0694. The third-order valence-corrected chi connectivity index (χ3v) is 1.88. The maximum atomic E-state index is 10.5. The Bertz CT molecular complexity index is 273. The number of aliphatic hydroxyl groups excluding tert-OH is 1. The van der Waals surface area contributed by atoms with Crippen LogP contribution in [0.4, 0.5) is 0 Å². The highest BCUT2D eigenvalue weighted by Crippen LogP contribution is 2.17. The van der Waals surface area contributed by atoms with Gasteiger partial charge in [0.05, 0.1) is 4.92 Å². The lowest BCUT2D eigenvalue weighted by atomic mass is 10.1. The van der Waals surface area contributed by atoms with Crippen molar-refractivity contribution in [3.8, 4) is 0 Å². The third kappa shape index (κ3) is 2.54. The molecule has 0 radical (unpaired) electrons. The smallest absolute Gasteiger partial charge is 0.285 e. The second-order valence-electron chi connectivity index (χ2n) is 2.75. The van der Waals surface area contributed by atoms with Crippen LogP contribution in [0.5, 0.6) is 0 Å². The van der Waals surface area contributed by atoms with Crippen molar-refractivity contribution >= 4 is 0 Å². The predicted molar refractivity (Wildman–Crippen MR) is 52.7 cm³/mol. The number of hydrogen-bond acceptors (Lipinski definition) is 5. The Morgan fingerprint density at radius 3 is 2.50 bits per heavy atom. The molecule has 0 saturated heterocycles. The van der Waals surface area contributed by atoms with Crippen LogP contribution in [0.1, 0.15) is 6.92 Å². The van der Waals surface area contributed by atoms with Crippen LogP contribution in [0.3, 0.4) is 0 Å². The molecule has 6 heteroatoms. The molecular weight excluding hydrogens is 186 g/mol. The Balaban J connectivity index is 0.000000791. The van der Waals surface area contributed by atoms with Crippen molar-refractivity contribution in [3.05, 3.63) is 33.7 Å². The lowest BCUT2D eigenvalue weighted by Crippen LogP contribution is -2.41. The molecule has 14 heavy (non-hydrogen) atoms. The van der Waals surface area contributed by atoms with Gasteiger partial charge >= 0.3 is 0 Å². The van der Waals surface area contributed by atoms with E-state index in [9.17, 15) is 10.1 Å². The van der Waals surface area contributed by atoms with Crippen molar-refractivity contribution in [1.82, 2.24) is 4.90 Å². The fraction of sp³-hybridized carbons (Fsp3) is 0.500. The quantitative estimate of drug-likeness (QED) is 0.456. The van der Waals surface area contributed by atoms with Gasteiger partial charge in [0, 0.05) is 25.9 Å². The molecule has 0 aliphatic carbocycles. The van der Waals surface area contributed by atoms with E-state index in [1.165, 1.54) is 0 Å². The Hall–Kier alpha value is -1.40. The molecule has 0 saturated carbocycles. The van der Waals surface area contributed by atoms with Gasteiger partial charge in [0.2, 0.25) is 0 Å². The maximum Gasteiger partial charge on any atom is 0.285 e. The molecule has 3 N–H and O–H groups in total. The van der Waals surface area contributed by atoms with Crippen molar-refractivity contribution in [2.24, 2.45) is 5.73 Å². The van der Waals surface area contributed by atoms with Gasteiger partial charge in [-0.05, 0) is 13.0 Å². The molecule has 0 aromatic carbocycles. The second kappa shape index (κ2) is 5.36. The van der Waals surface area contributed by atoms with Gasteiger partial charge in [0.15, 0.2) is 6.17 Å². The molecule has 1 unspecified atom stereocenters. The summed E-state index contributed by atoms with van der Waals surface area (Å²) in [6.07, 6.45) is 2.78. The highest BCUT2D eigenvalue weighted by Gasteiger charge is 2.28. The monoisotopic (exact) mass is 201 g/mol. The maximum absolute atomic E-state index is 10.5. The number of allylic oxidation sites excluding steroid dienone is 2. The number of nitrogens with zero attached hydrogens (tertiary/aromatic N) is 2. The Morgan fingerprint density at radius 1 is 1.64 bits per heavy atom. The lowest BCUT2D eigenvalue weighted by Gasteiger charge is -2.24. The minimum atomic E-state index is -0.634. The van der Waals surface area contributed by atoms with Crippen LogP contribution in [0.25, 0.3) is 0 Å². The van der Waals surface area contributed by atoms with Crippen LogP contribution in [-0.4, -0.2) is 35.3 Å². The minimum Gasteiger partial charge on any atom is -0.400 e. The van der Waals surface area contributed by atoms with Crippen LogP contribution in [0.15, 0.2) is 23.5 Å². The summed E-state index contributed by atoms with van der Waals surface area (Å²) in [7, 11) is 2.71. The first kappa shape index (κ1) is 12.6. The van der Waals surface area contributed by atoms with Gasteiger partial charge in [-0.3, -0.25) is 10.1 Å². The first-order valence-electron chi connectivity index (χ1n) is 3.99. The summed E-state index contributed by atoms with van der Waals surface area (Å²) in [6.45, 7) is 1.68. The van der Waals surface area contributed by atoms with Gasteiger partial charge in [-0.2, -0.15) is 0 Å². The summed E-state index contributed by atoms with van der Waals surface area (Å²) in [4.78, 5) is 11.7. The van der Waals surface area contributed by atoms with E-state index in [2.05, 4.69) is 0 Å². The van der Waals surface area contributed by atoms with Gasteiger partial charge < -0.3 is 15.7 Å². The van der Waals surface area contributed by atoms with Crippen molar-refractivity contribution in [1.29, 1.82) is 0 Å². The fourth-order valence-electron chi connectivity index (χ4n) is 1.09. The van der Waals surface area contributed by atoms with Gasteiger partial charge in [-0.25, -0.2) is 0 Å². The Morgan fingerprint density at radius 2 is 2.14 bits per heavy atom. The van der Waals surface area contributed by atoms with Crippen LogP contribution in [0.2, 0.25) is 0 Å². The number of nitrogens with two attached hydrogens (primary N) is 1. The Kier molecular flexibility index (Phi) is 4.82. The average Bonchev–Trinajstić information content (AvgIpc) is 2.15.